The van der Waals surface area contributed by atoms with Crippen LogP contribution in [-0.2, 0) is 27.4 Å². The molecule has 0 aliphatic heterocycles. The van der Waals surface area contributed by atoms with E-state index in [1.165, 1.54) is 0 Å². The van der Waals surface area contributed by atoms with Gasteiger partial charge in [0, 0.05) is 0 Å². The molecular formula is C20H24N2O3. The fourth-order valence-corrected chi connectivity index (χ4v) is 2.33. The Morgan fingerprint density at radius 3 is 2.16 bits per heavy atom. The monoisotopic (exact) mass is 340 g/mol. The Kier molecular flexibility index (Phi) is 7.16. The van der Waals surface area contributed by atoms with Crippen LogP contribution in [0.1, 0.15) is 24.5 Å². The zero-order valence-electron chi connectivity index (χ0n) is 14.4. The minimum atomic E-state index is -0.737. The van der Waals surface area contributed by atoms with Crippen LogP contribution in [0.5, 0.6) is 0 Å². The van der Waals surface area contributed by atoms with Crippen LogP contribution in [-0.4, -0.2) is 24.0 Å². The molecule has 132 valence electrons. The van der Waals surface area contributed by atoms with Gasteiger partial charge in [-0.3, -0.25) is 4.79 Å². The average molecular weight is 340 g/mol. The molecule has 0 radical (unpaired) electrons. The van der Waals surface area contributed by atoms with Crippen molar-refractivity contribution in [3.05, 3.63) is 71.8 Å². The van der Waals surface area contributed by atoms with Crippen LogP contribution in [0.4, 0.5) is 0 Å². The molecule has 2 rings (SSSR count). The second-order valence-corrected chi connectivity index (χ2v) is 5.95. The lowest BCUT2D eigenvalue weighted by Crippen LogP contribution is -2.47. The summed E-state index contributed by atoms with van der Waals surface area (Å²) in [6.45, 7) is 1.77. The van der Waals surface area contributed by atoms with E-state index in [0.29, 0.717) is 12.8 Å². The van der Waals surface area contributed by atoms with E-state index in [-0.39, 0.29) is 12.5 Å². The molecular weight excluding hydrogens is 316 g/mol. The molecule has 2 aromatic rings. The average Bonchev–Trinajstić information content (AvgIpc) is 2.65. The Morgan fingerprint density at radius 1 is 1.00 bits per heavy atom. The van der Waals surface area contributed by atoms with Crippen molar-refractivity contribution in [2.45, 2.75) is 38.5 Å². The van der Waals surface area contributed by atoms with Gasteiger partial charge in [0.1, 0.15) is 12.6 Å². The summed E-state index contributed by atoms with van der Waals surface area (Å²) in [4.78, 5) is 24.1. The van der Waals surface area contributed by atoms with Crippen molar-refractivity contribution in [3.8, 4) is 0 Å². The third-order valence-corrected chi connectivity index (χ3v) is 3.86. The number of carbonyl (C=O) groups is 2. The summed E-state index contributed by atoms with van der Waals surface area (Å²) in [7, 11) is 0. The summed E-state index contributed by atoms with van der Waals surface area (Å²) in [6, 6.07) is 17.8. The molecule has 0 fully saturated rings. The SMILES string of the molecule is CC(NC(=O)C(N)CCc1ccccc1)C(=O)OCc1ccccc1. The molecule has 0 saturated carbocycles. The number of hydrogen-bond acceptors (Lipinski definition) is 4. The summed E-state index contributed by atoms with van der Waals surface area (Å²) in [5.41, 5.74) is 7.94. The first-order chi connectivity index (χ1) is 12.1. The highest BCUT2D eigenvalue weighted by molar-refractivity contribution is 5.87. The summed E-state index contributed by atoms with van der Waals surface area (Å²) in [6.07, 6.45) is 1.23. The van der Waals surface area contributed by atoms with Crippen LogP contribution in [0.2, 0.25) is 0 Å². The van der Waals surface area contributed by atoms with Crippen LogP contribution in [0, 0.1) is 0 Å². The van der Waals surface area contributed by atoms with Crippen molar-refractivity contribution < 1.29 is 14.3 Å². The van der Waals surface area contributed by atoms with Crippen molar-refractivity contribution in [2.75, 3.05) is 0 Å². The fraction of sp³-hybridized carbons (Fsp3) is 0.300. The summed E-state index contributed by atoms with van der Waals surface area (Å²) >= 11 is 0. The highest BCUT2D eigenvalue weighted by atomic mass is 16.5. The van der Waals surface area contributed by atoms with Crippen molar-refractivity contribution in [1.29, 1.82) is 0 Å². The Bertz CT molecular complexity index is 674. The van der Waals surface area contributed by atoms with E-state index in [1.807, 2.05) is 60.7 Å². The number of carbonyl (C=O) groups excluding carboxylic acids is 2. The molecule has 0 aromatic heterocycles. The van der Waals surface area contributed by atoms with Crippen molar-refractivity contribution in [1.82, 2.24) is 5.32 Å². The number of hydrogen-bond donors (Lipinski definition) is 2. The first-order valence-electron chi connectivity index (χ1n) is 8.36. The first-order valence-corrected chi connectivity index (χ1v) is 8.36. The Hall–Kier alpha value is -2.66. The van der Waals surface area contributed by atoms with E-state index >= 15 is 0 Å². The zero-order chi connectivity index (χ0) is 18.1. The molecule has 1 amide bonds. The van der Waals surface area contributed by atoms with E-state index in [0.717, 1.165) is 11.1 Å². The predicted octanol–water partition coefficient (Wildman–Crippen LogP) is 2.19. The van der Waals surface area contributed by atoms with E-state index in [2.05, 4.69) is 5.32 Å². The topological polar surface area (TPSA) is 81.4 Å². The molecule has 2 atom stereocenters. The van der Waals surface area contributed by atoms with Crippen LogP contribution < -0.4 is 11.1 Å². The lowest BCUT2D eigenvalue weighted by atomic mass is 10.1. The van der Waals surface area contributed by atoms with Gasteiger partial charge in [-0.25, -0.2) is 4.79 Å². The van der Waals surface area contributed by atoms with Gasteiger partial charge < -0.3 is 15.8 Å². The molecule has 3 N–H and O–H groups in total. The predicted molar refractivity (Wildman–Crippen MR) is 96.6 cm³/mol. The molecule has 2 aromatic carbocycles. The van der Waals surface area contributed by atoms with Crippen LogP contribution in [0.25, 0.3) is 0 Å². The number of nitrogens with two attached hydrogens (primary N) is 1. The summed E-state index contributed by atoms with van der Waals surface area (Å²) in [5, 5.41) is 2.61. The number of rotatable bonds is 8. The molecule has 0 spiro atoms. The van der Waals surface area contributed by atoms with Gasteiger partial charge in [0.2, 0.25) is 5.91 Å². The van der Waals surface area contributed by atoms with Gasteiger partial charge in [0.05, 0.1) is 6.04 Å². The maximum Gasteiger partial charge on any atom is 0.328 e. The standard InChI is InChI=1S/C20H24N2O3/c1-15(20(24)25-14-17-10-6-3-7-11-17)22-19(23)18(21)13-12-16-8-4-2-5-9-16/h2-11,15,18H,12-14,21H2,1H3,(H,22,23). The van der Waals surface area contributed by atoms with E-state index in [9.17, 15) is 9.59 Å². The lowest BCUT2D eigenvalue weighted by molar-refractivity contribution is -0.148. The molecule has 0 bridgehead atoms. The maximum absolute atomic E-state index is 12.1. The molecule has 5 nitrogen and oxygen atoms in total. The second-order valence-electron chi connectivity index (χ2n) is 5.95. The number of esters is 1. The normalized spacial score (nSPS) is 12.9. The number of amides is 1. The van der Waals surface area contributed by atoms with Gasteiger partial charge in [-0.05, 0) is 30.9 Å². The number of benzene rings is 2. The van der Waals surface area contributed by atoms with Gasteiger partial charge in [0.15, 0.2) is 0 Å². The first kappa shape index (κ1) is 18.7. The van der Waals surface area contributed by atoms with Crippen molar-refractivity contribution in [2.24, 2.45) is 5.73 Å². The minimum Gasteiger partial charge on any atom is -0.459 e. The molecule has 0 aliphatic carbocycles. The lowest BCUT2D eigenvalue weighted by Gasteiger charge is -2.17. The Labute approximate surface area is 148 Å². The van der Waals surface area contributed by atoms with Crippen molar-refractivity contribution >= 4 is 11.9 Å². The van der Waals surface area contributed by atoms with Gasteiger partial charge in [-0.2, -0.15) is 0 Å². The van der Waals surface area contributed by atoms with Crippen molar-refractivity contribution in [3.63, 3.8) is 0 Å². The quantitative estimate of drug-likeness (QED) is 0.722. The van der Waals surface area contributed by atoms with Gasteiger partial charge >= 0.3 is 5.97 Å². The van der Waals surface area contributed by atoms with Gasteiger partial charge in [-0.1, -0.05) is 60.7 Å². The molecule has 25 heavy (non-hydrogen) atoms. The van der Waals surface area contributed by atoms with E-state index in [4.69, 9.17) is 10.5 Å². The molecule has 0 saturated heterocycles. The second kappa shape index (κ2) is 9.59. The summed E-state index contributed by atoms with van der Waals surface area (Å²) in [5.74, 6) is -0.826. The molecule has 5 heteroatoms. The zero-order valence-corrected chi connectivity index (χ0v) is 14.4. The molecule has 0 heterocycles. The Morgan fingerprint density at radius 2 is 1.56 bits per heavy atom. The third-order valence-electron chi connectivity index (χ3n) is 3.86. The number of nitrogens with one attached hydrogen (secondary N) is 1. The van der Waals surface area contributed by atoms with Crippen LogP contribution >= 0.6 is 0 Å². The van der Waals surface area contributed by atoms with Crippen LogP contribution in [0.3, 0.4) is 0 Å². The van der Waals surface area contributed by atoms with Crippen LogP contribution in [0.15, 0.2) is 60.7 Å². The smallest absolute Gasteiger partial charge is 0.328 e. The highest BCUT2D eigenvalue weighted by Gasteiger charge is 2.21. The minimum absolute atomic E-state index is 0.181. The number of ether oxygens (including phenoxy) is 1. The number of aryl methyl sites for hydroxylation is 1. The van der Waals surface area contributed by atoms with Gasteiger partial charge in [-0.15, -0.1) is 0 Å². The third kappa shape index (κ3) is 6.39. The van der Waals surface area contributed by atoms with E-state index in [1.54, 1.807) is 6.92 Å². The summed E-state index contributed by atoms with van der Waals surface area (Å²) < 4.78 is 5.21. The van der Waals surface area contributed by atoms with E-state index < -0.39 is 18.1 Å². The van der Waals surface area contributed by atoms with Gasteiger partial charge in [0.25, 0.3) is 0 Å². The maximum atomic E-state index is 12.1. The molecule has 0 aliphatic rings. The fourth-order valence-electron chi connectivity index (χ4n) is 2.33. The highest BCUT2D eigenvalue weighted by Crippen LogP contribution is 2.05. The largest absolute Gasteiger partial charge is 0.459 e. The molecule has 2 unspecified atom stereocenters. The Balaban J connectivity index is 1.73.